The first-order valence-corrected chi connectivity index (χ1v) is 3.71. The van der Waals surface area contributed by atoms with Gasteiger partial charge < -0.3 is 11.1 Å². The molecule has 0 aromatic heterocycles. The topological polar surface area (TPSA) is 38.0 Å². The minimum absolute atomic E-state index is 0.181. The number of hydrogen-bond donors (Lipinski definition) is 2. The number of rotatable bonds is 4. The number of hydrogen-bond acceptors (Lipinski definition) is 2. The molecule has 0 radical (unpaired) electrons. The fourth-order valence-electron chi connectivity index (χ4n) is 0.691. The second kappa shape index (κ2) is 4.77. The molecule has 0 heterocycles. The van der Waals surface area contributed by atoms with E-state index in [1.54, 1.807) is 0 Å². The van der Waals surface area contributed by atoms with Gasteiger partial charge in [0, 0.05) is 0 Å². The van der Waals surface area contributed by atoms with E-state index in [2.05, 4.69) is 26.1 Å². The Labute approximate surface area is 57.8 Å². The van der Waals surface area contributed by atoms with E-state index in [9.17, 15) is 0 Å². The van der Waals surface area contributed by atoms with Crippen LogP contribution in [0.15, 0.2) is 0 Å². The minimum atomic E-state index is 0.181. The summed E-state index contributed by atoms with van der Waals surface area (Å²) >= 11 is 0. The molecule has 2 nitrogen and oxygen atoms in total. The van der Waals surface area contributed by atoms with E-state index in [1.807, 2.05) is 0 Å². The van der Waals surface area contributed by atoms with Crippen molar-refractivity contribution >= 4 is 0 Å². The molecule has 0 fully saturated rings. The second-order valence-electron chi connectivity index (χ2n) is 2.47. The Morgan fingerprint density at radius 2 is 2.00 bits per heavy atom. The molecule has 0 aromatic carbocycles. The maximum Gasteiger partial charge on any atom is 0.0572 e. The van der Waals surface area contributed by atoms with E-state index in [1.165, 1.54) is 0 Å². The summed E-state index contributed by atoms with van der Waals surface area (Å²) in [6, 6.07) is 0. The van der Waals surface area contributed by atoms with Crippen LogP contribution >= 0.6 is 0 Å². The fraction of sp³-hybridized carbons (Fsp3) is 1.00. The third-order valence-corrected chi connectivity index (χ3v) is 1.70. The summed E-state index contributed by atoms with van der Waals surface area (Å²) in [6.07, 6.45) is 1.33. The summed E-state index contributed by atoms with van der Waals surface area (Å²) in [4.78, 5) is 0. The zero-order valence-electron chi connectivity index (χ0n) is 6.65. The van der Waals surface area contributed by atoms with Crippen LogP contribution in [0.5, 0.6) is 0 Å². The molecule has 0 aromatic rings. The van der Waals surface area contributed by atoms with Gasteiger partial charge in [-0.05, 0) is 12.5 Å². The monoisotopic (exact) mass is 130 g/mol. The zero-order chi connectivity index (χ0) is 7.28. The maximum atomic E-state index is 5.73. The first-order valence-electron chi connectivity index (χ1n) is 3.71. The van der Waals surface area contributed by atoms with E-state index in [0.717, 1.165) is 13.0 Å². The molecule has 3 N–H and O–H groups in total. The van der Waals surface area contributed by atoms with E-state index < -0.39 is 0 Å². The molecule has 56 valence electrons. The second-order valence-corrected chi connectivity index (χ2v) is 2.47. The normalized spacial score (nSPS) is 17.3. The van der Waals surface area contributed by atoms with Crippen molar-refractivity contribution in [3.05, 3.63) is 0 Å². The summed E-state index contributed by atoms with van der Waals surface area (Å²) in [7, 11) is 0. The van der Waals surface area contributed by atoms with Crippen LogP contribution < -0.4 is 11.1 Å². The molecule has 0 saturated carbocycles. The van der Waals surface area contributed by atoms with Crippen LogP contribution in [-0.2, 0) is 0 Å². The molecule has 0 amide bonds. The van der Waals surface area contributed by atoms with Gasteiger partial charge in [-0.25, -0.2) is 0 Å². The number of nitrogens with one attached hydrogen (secondary N) is 1. The lowest BCUT2D eigenvalue weighted by Crippen LogP contribution is -2.42. The van der Waals surface area contributed by atoms with Crippen molar-refractivity contribution in [3.63, 3.8) is 0 Å². The first-order chi connectivity index (χ1) is 4.22. The van der Waals surface area contributed by atoms with Crippen LogP contribution in [0, 0.1) is 5.92 Å². The van der Waals surface area contributed by atoms with Gasteiger partial charge in [0.05, 0.1) is 6.17 Å². The van der Waals surface area contributed by atoms with Crippen LogP contribution in [-0.4, -0.2) is 12.7 Å². The van der Waals surface area contributed by atoms with Gasteiger partial charge in [0.15, 0.2) is 0 Å². The fourth-order valence-corrected chi connectivity index (χ4v) is 0.691. The van der Waals surface area contributed by atoms with Crippen LogP contribution in [0.2, 0.25) is 0 Å². The van der Waals surface area contributed by atoms with Crippen molar-refractivity contribution in [2.45, 2.75) is 33.4 Å². The Morgan fingerprint density at radius 3 is 2.33 bits per heavy atom. The lowest BCUT2D eigenvalue weighted by Gasteiger charge is -2.18. The van der Waals surface area contributed by atoms with Crippen molar-refractivity contribution < 1.29 is 0 Å². The van der Waals surface area contributed by atoms with E-state index in [-0.39, 0.29) is 6.17 Å². The molecule has 0 rings (SSSR count). The van der Waals surface area contributed by atoms with Crippen LogP contribution in [0.25, 0.3) is 0 Å². The molecule has 0 saturated heterocycles. The van der Waals surface area contributed by atoms with Gasteiger partial charge in [-0.1, -0.05) is 27.2 Å². The van der Waals surface area contributed by atoms with Gasteiger partial charge >= 0.3 is 0 Å². The molecular weight excluding hydrogens is 112 g/mol. The molecule has 0 aliphatic rings. The first kappa shape index (κ1) is 8.92. The highest BCUT2D eigenvalue weighted by atomic mass is 15.0. The summed E-state index contributed by atoms with van der Waals surface area (Å²) in [5.74, 6) is 0.588. The van der Waals surface area contributed by atoms with Gasteiger partial charge in [-0.3, -0.25) is 0 Å². The summed E-state index contributed by atoms with van der Waals surface area (Å²) < 4.78 is 0. The van der Waals surface area contributed by atoms with Gasteiger partial charge in [-0.15, -0.1) is 0 Å². The molecule has 2 heteroatoms. The standard InChI is InChI=1S/C7H18N2/c1-4-6(3)7(8)9-5-2/h6-7,9H,4-5,8H2,1-3H3/t6?,7-/m0/s1. The highest BCUT2D eigenvalue weighted by molar-refractivity contribution is 4.63. The predicted molar refractivity (Wildman–Crippen MR) is 41.1 cm³/mol. The largest absolute Gasteiger partial charge is 0.316 e. The third kappa shape index (κ3) is 3.49. The van der Waals surface area contributed by atoms with Gasteiger partial charge in [0.25, 0.3) is 0 Å². The minimum Gasteiger partial charge on any atom is -0.316 e. The quantitative estimate of drug-likeness (QED) is 0.555. The van der Waals surface area contributed by atoms with Gasteiger partial charge in [0.1, 0.15) is 0 Å². The SMILES string of the molecule is CCN[C@H](N)C(C)CC. The highest BCUT2D eigenvalue weighted by Gasteiger charge is 2.06. The molecule has 0 aliphatic heterocycles. The van der Waals surface area contributed by atoms with E-state index >= 15 is 0 Å². The van der Waals surface area contributed by atoms with Crippen LogP contribution in [0.3, 0.4) is 0 Å². The van der Waals surface area contributed by atoms with Crippen molar-refractivity contribution in [1.29, 1.82) is 0 Å². The third-order valence-electron chi connectivity index (χ3n) is 1.70. The van der Waals surface area contributed by atoms with Gasteiger partial charge in [-0.2, -0.15) is 0 Å². The average molecular weight is 130 g/mol. The predicted octanol–water partition coefficient (Wildman–Crippen LogP) is 0.927. The van der Waals surface area contributed by atoms with Crippen LogP contribution in [0.4, 0.5) is 0 Å². The lowest BCUT2D eigenvalue weighted by molar-refractivity contribution is 0.383. The van der Waals surface area contributed by atoms with E-state index in [0.29, 0.717) is 5.92 Å². The average Bonchev–Trinajstić information content (AvgIpc) is 1.87. The van der Waals surface area contributed by atoms with Crippen molar-refractivity contribution in [3.8, 4) is 0 Å². The number of nitrogens with two attached hydrogens (primary N) is 1. The zero-order valence-corrected chi connectivity index (χ0v) is 6.65. The molecule has 9 heavy (non-hydrogen) atoms. The maximum absolute atomic E-state index is 5.73. The molecule has 0 bridgehead atoms. The molecule has 2 atom stereocenters. The Kier molecular flexibility index (Phi) is 4.72. The molecule has 0 aliphatic carbocycles. The lowest BCUT2D eigenvalue weighted by atomic mass is 10.1. The van der Waals surface area contributed by atoms with Crippen molar-refractivity contribution in [2.24, 2.45) is 11.7 Å². The smallest absolute Gasteiger partial charge is 0.0572 e. The Morgan fingerprint density at radius 1 is 1.44 bits per heavy atom. The van der Waals surface area contributed by atoms with Crippen molar-refractivity contribution in [1.82, 2.24) is 5.32 Å². The summed E-state index contributed by atoms with van der Waals surface area (Å²) in [5, 5.41) is 3.17. The highest BCUT2D eigenvalue weighted by Crippen LogP contribution is 2.01. The summed E-state index contributed by atoms with van der Waals surface area (Å²) in [6.45, 7) is 7.35. The Hall–Kier alpha value is -0.0800. The summed E-state index contributed by atoms with van der Waals surface area (Å²) in [5.41, 5.74) is 5.73. The molecular formula is C7H18N2. The Bertz CT molecular complexity index is 63.9. The van der Waals surface area contributed by atoms with E-state index in [4.69, 9.17) is 5.73 Å². The van der Waals surface area contributed by atoms with Gasteiger partial charge in [0.2, 0.25) is 0 Å². The molecule has 1 unspecified atom stereocenters. The van der Waals surface area contributed by atoms with Crippen molar-refractivity contribution in [2.75, 3.05) is 6.54 Å². The molecule has 0 spiro atoms. The Balaban J connectivity index is 3.32. The van der Waals surface area contributed by atoms with Crippen LogP contribution in [0.1, 0.15) is 27.2 Å².